The van der Waals surface area contributed by atoms with Gasteiger partial charge in [-0.2, -0.15) is 0 Å². The Morgan fingerprint density at radius 1 is 0.952 bits per heavy atom. The van der Waals surface area contributed by atoms with Gasteiger partial charge in [0, 0.05) is 0 Å². The van der Waals surface area contributed by atoms with Crippen molar-refractivity contribution < 1.29 is 20.1 Å². The van der Waals surface area contributed by atoms with E-state index in [2.05, 4.69) is 12.2 Å². The molecule has 1 heterocycles. The SMILES string of the molecule is CCCCCCNC1C2OC(C)(C)C(C)(O)[C@](C)(O)[C@@]12O. The highest BCUT2D eigenvalue weighted by atomic mass is 16.6. The Balaban J connectivity index is 2.04. The smallest absolute Gasteiger partial charge is 0.141 e. The lowest BCUT2D eigenvalue weighted by Crippen LogP contribution is -2.73. The van der Waals surface area contributed by atoms with Crippen LogP contribution in [-0.4, -0.2) is 56.4 Å². The van der Waals surface area contributed by atoms with E-state index in [0.29, 0.717) is 0 Å². The lowest BCUT2D eigenvalue weighted by molar-refractivity contribution is -0.312. The zero-order valence-corrected chi connectivity index (χ0v) is 13.9. The third-order valence-electron chi connectivity index (χ3n) is 5.82. The van der Waals surface area contributed by atoms with Crippen LogP contribution in [0, 0.1) is 0 Å². The summed E-state index contributed by atoms with van der Waals surface area (Å²) in [6.45, 7) is 9.47. The largest absolute Gasteiger partial charge is 0.384 e. The van der Waals surface area contributed by atoms with E-state index in [4.69, 9.17) is 4.74 Å². The van der Waals surface area contributed by atoms with E-state index in [1.54, 1.807) is 13.8 Å². The fourth-order valence-corrected chi connectivity index (χ4v) is 3.56. The zero-order chi connectivity index (χ0) is 16.1. The molecule has 0 amide bonds. The molecule has 1 aliphatic heterocycles. The molecule has 1 saturated carbocycles. The van der Waals surface area contributed by atoms with Gasteiger partial charge in [-0.1, -0.05) is 26.2 Å². The molecular formula is C16H31NO4. The highest BCUT2D eigenvalue weighted by Crippen LogP contribution is 2.59. The summed E-state index contributed by atoms with van der Waals surface area (Å²) in [5.41, 5.74) is -5.53. The molecular weight excluding hydrogens is 270 g/mol. The summed E-state index contributed by atoms with van der Waals surface area (Å²) in [5.74, 6) is 0. The minimum absolute atomic E-state index is 0.331. The predicted molar refractivity (Wildman–Crippen MR) is 81.1 cm³/mol. The molecule has 0 aromatic carbocycles. The Kier molecular flexibility index (Phi) is 4.22. The lowest BCUT2D eigenvalue weighted by atomic mass is 9.68. The fraction of sp³-hybridized carbons (Fsp3) is 1.00. The first-order valence-corrected chi connectivity index (χ1v) is 8.12. The molecule has 0 aromatic heterocycles. The Labute approximate surface area is 127 Å². The minimum Gasteiger partial charge on any atom is -0.384 e. The fourth-order valence-electron chi connectivity index (χ4n) is 3.56. The van der Waals surface area contributed by atoms with Crippen molar-refractivity contribution in [3.8, 4) is 0 Å². The standard InChI is InChI=1S/C16H31NO4/c1-6-7-8-9-10-17-11-12-16(11,20)15(5,19)14(4,18)13(2,3)21-12/h11-12,17-20H,6-10H2,1-5H3/t11?,12?,14?,15-,16+/m0/s1. The van der Waals surface area contributed by atoms with Gasteiger partial charge in [-0.25, -0.2) is 0 Å². The molecule has 4 N–H and O–H groups in total. The molecule has 2 rings (SSSR count). The number of ether oxygens (including phenoxy) is 1. The molecule has 0 aromatic rings. The van der Waals surface area contributed by atoms with Crippen LogP contribution in [0.3, 0.4) is 0 Å². The monoisotopic (exact) mass is 301 g/mol. The molecule has 124 valence electrons. The Morgan fingerprint density at radius 2 is 1.57 bits per heavy atom. The van der Waals surface area contributed by atoms with Crippen molar-refractivity contribution in [1.82, 2.24) is 5.32 Å². The van der Waals surface area contributed by atoms with Crippen LogP contribution in [0.25, 0.3) is 0 Å². The van der Waals surface area contributed by atoms with Crippen molar-refractivity contribution in [3.63, 3.8) is 0 Å². The van der Waals surface area contributed by atoms with E-state index in [-0.39, 0.29) is 6.04 Å². The van der Waals surface area contributed by atoms with Crippen LogP contribution in [-0.2, 0) is 4.74 Å². The molecule has 5 heteroatoms. The van der Waals surface area contributed by atoms with E-state index in [9.17, 15) is 15.3 Å². The maximum Gasteiger partial charge on any atom is 0.141 e. The van der Waals surface area contributed by atoms with Gasteiger partial charge in [0.15, 0.2) is 0 Å². The van der Waals surface area contributed by atoms with Crippen molar-refractivity contribution in [3.05, 3.63) is 0 Å². The van der Waals surface area contributed by atoms with Gasteiger partial charge >= 0.3 is 0 Å². The second kappa shape index (κ2) is 5.17. The van der Waals surface area contributed by atoms with Crippen LogP contribution < -0.4 is 5.32 Å². The number of nitrogens with one attached hydrogen (secondary N) is 1. The van der Waals surface area contributed by atoms with E-state index in [1.165, 1.54) is 26.7 Å². The second-order valence-electron chi connectivity index (χ2n) is 7.51. The van der Waals surface area contributed by atoms with E-state index in [1.807, 2.05) is 0 Å². The summed E-state index contributed by atoms with van der Waals surface area (Å²) in [6.07, 6.45) is 4.10. The summed E-state index contributed by atoms with van der Waals surface area (Å²) in [7, 11) is 0. The molecule has 1 saturated heterocycles. The quantitative estimate of drug-likeness (QED) is 0.549. The molecule has 3 unspecified atom stereocenters. The molecule has 2 aliphatic rings. The van der Waals surface area contributed by atoms with Gasteiger partial charge in [0.2, 0.25) is 0 Å². The van der Waals surface area contributed by atoms with Crippen molar-refractivity contribution in [2.45, 2.75) is 94.9 Å². The normalized spacial score (nSPS) is 48.0. The van der Waals surface area contributed by atoms with Crippen LogP contribution in [0.15, 0.2) is 0 Å². The number of fused-ring (bicyclic) bond motifs is 1. The third kappa shape index (κ3) is 2.25. The lowest BCUT2D eigenvalue weighted by Gasteiger charge is -2.54. The van der Waals surface area contributed by atoms with Crippen molar-refractivity contribution >= 4 is 0 Å². The minimum atomic E-state index is -1.63. The van der Waals surface area contributed by atoms with E-state index in [0.717, 1.165) is 19.4 Å². The molecule has 5 atom stereocenters. The highest BCUT2D eigenvalue weighted by molar-refractivity contribution is 5.36. The van der Waals surface area contributed by atoms with Gasteiger partial charge in [0.25, 0.3) is 0 Å². The Bertz CT molecular complexity index is 394. The molecule has 0 bridgehead atoms. The summed E-state index contributed by atoms with van der Waals surface area (Å²) in [5, 5.41) is 35.6. The summed E-state index contributed by atoms with van der Waals surface area (Å²) < 4.78 is 5.87. The van der Waals surface area contributed by atoms with Crippen molar-refractivity contribution in [2.24, 2.45) is 0 Å². The topological polar surface area (TPSA) is 82.0 Å². The highest BCUT2D eigenvalue weighted by Gasteiger charge is 2.83. The molecule has 1 aliphatic carbocycles. The molecule has 21 heavy (non-hydrogen) atoms. The van der Waals surface area contributed by atoms with Gasteiger partial charge < -0.3 is 25.4 Å². The average Bonchev–Trinajstić information content (AvgIpc) is 2.93. The van der Waals surface area contributed by atoms with Gasteiger partial charge in [-0.3, -0.25) is 0 Å². The third-order valence-corrected chi connectivity index (χ3v) is 5.82. The van der Waals surface area contributed by atoms with E-state index < -0.39 is 28.5 Å². The van der Waals surface area contributed by atoms with Gasteiger partial charge in [0.1, 0.15) is 22.9 Å². The van der Waals surface area contributed by atoms with Crippen LogP contribution >= 0.6 is 0 Å². The summed E-state index contributed by atoms with van der Waals surface area (Å²) >= 11 is 0. The number of aliphatic hydroxyl groups is 3. The number of hydrogen-bond donors (Lipinski definition) is 4. The average molecular weight is 301 g/mol. The first-order valence-electron chi connectivity index (χ1n) is 8.12. The molecule has 5 nitrogen and oxygen atoms in total. The van der Waals surface area contributed by atoms with Crippen LogP contribution in [0.2, 0.25) is 0 Å². The van der Waals surface area contributed by atoms with Crippen LogP contribution in [0.4, 0.5) is 0 Å². The number of rotatable bonds is 6. The maximum atomic E-state index is 10.8. The number of unbranched alkanes of at least 4 members (excludes halogenated alkanes) is 3. The zero-order valence-electron chi connectivity index (χ0n) is 13.9. The first-order chi connectivity index (χ1) is 9.54. The molecule has 0 spiro atoms. The van der Waals surface area contributed by atoms with E-state index >= 15 is 0 Å². The van der Waals surface area contributed by atoms with Gasteiger partial charge in [-0.05, 0) is 40.7 Å². The van der Waals surface area contributed by atoms with Gasteiger partial charge in [-0.15, -0.1) is 0 Å². The molecule has 0 radical (unpaired) electrons. The molecule has 2 fully saturated rings. The predicted octanol–water partition coefficient (Wildman–Crippen LogP) is 0.949. The first kappa shape index (κ1) is 17.2. The summed E-state index contributed by atoms with van der Waals surface area (Å²) in [4.78, 5) is 0. The number of hydrogen-bond acceptors (Lipinski definition) is 5. The second-order valence-corrected chi connectivity index (χ2v) is 7.51. The van der Waals surface area contributed by atoms with Gasteiger partial charge in [0.05, 0.1) is 11.6 Å². The summed E-state index contributed by atoms with van der Waals surface area (Å²) in [6, 6.07) is -0.331. The Morgan fingerprint density at radius 3 is 2.14 bits per heavy atom. The van der Waals surface area contributed by atoms with Crippen LogP contribution in [0.5, 0.6) is 0 Å². The maximum absolute atomic E-state index is 10.8. The van der Waals surface area contributed by atoms with Crippen molar-refractivity contribution in [1.29, 1.82) is 0 Å². The van der Waals surface area contributed by atoms with Crippen molar-refractivity contribution in [2.75, 3.05) is 6.54 Å². The Hall–Kier alpha value is -0.200. The van der Waals surface area contributed by atoms with Crippen LogP contribution in [0.1, 0.15) is 60.3 Å².